The third-order valence-corrected chi connectivity index (χ3v) is 5.87. The van der Waals surface area contributed by atoms with Gasteiger partial charge in [-0.25, -0.2) is 0 Å². The van der Waals surface area contributed by atoms with E-state index >= 15 is 0 Å². The Balaban J connectivity index is 1.18. The van der Waals surface area contributed by atoms with Gasteiger partial charge in [0.15, 0.2) is 0 Å². The topological polar surface area (TPSA) is 80.5 Å². The highest BCUT2D eigenvalue weighted by atomic mass is 16.5. The van der Waals surface area contributed by atoms with E-state index < -0.39 is 0 Å². The van der Waals surface area contributed by atoms with E-state index in [0.717, 1.165) is 42.6 Å². The van der Waals surface area contributed by atoms with Crippen LogP contribution in [0.5, 0.6) is 0 Å². The van der Waals surface area contributed by atoms with Crippen molar-refractivity contribution < 1.29 is 14.1 Å². The van der Waals surface area contributed by atoms with E-state index in [0.29, 0.717) is 31.4 Å². The summed E-state index contributed by atoms with van der Waals surface area (Å²) in [6.07, 6.45) is 2.03. The molecule has 0 saturated carbocycles. The fraction of sp³-hybridized carbons (Fsp3) is 0.423. The number of hydrogen-bond donors (Lipinski definition) is 1. The number of aromatic nitrogens is 2. The largest absolute Gasteiger partial charge is 0.374 e. The Morgan fingerprint density at radius 3 is 2.48 bits per heavy atom. The molecule has 2 heterocycles. The van der Waals surface area contributed by atoms with Crippen LogP contribution in [0.4, 0.5) is 0 Å². The summed E-state index contributed by atoms with van der Waals surface area (Å²) < 4.78 is 11.2. The van der Waals surface area contributed by atoms with Crippen molar-refractivity contribution in [1.29, 1.82) is 0 Å². The van der Waals surface area contributed by atoms with Crippen molar-refractivity contribution in [2.75, 3.05) is 19.6 Å². The molecular weight excluding hydrogens is 416 g/mol. The van der Waals surface area contributed by atoms with Crippen LogP contribution in [0.15, 0.2) is 59.1 Å². The van der Waals surface area contributed by atoms with Gasteiger partial charge in [-0.05, 0) is 50.9 Å². The van der Waals surface area contributed by atoms with Crippen molar-refractivity contribution in [3.8, 4) is 11.4 Å². The minimum atomic E-state index is 0.0461. The first-order chi connectivity index (χ1) is 16.1. The molecule has 1 aromatic heterocycles. The number of benzene rings is 2. The standard InChI is InChI=1S/C26H32N4O3/c1-19(2)32-18-21-10-8-20(9-11-21)16-27-24(31)17-30-14-12-23(13-15-30)26-28-25(29-33-26)22-6-4-3-5-7-22/h3-11,19,23H,12-18H2,1-2H3,(H,27,31). The zero-order valence-corrected chi connectivity index (χ0v) is 19.4. The number of carbonyl (C=O) groups excluding carboxylic acids is 1. The molecule has 4 rings (SSSR count). The van der Waals surface area contributed by atoms with Gasteiger partial charge in [0.2, 0.25) is 17.6 Å². The van der Waals surface area contributed by atoms with E-state index in [1.54, 1.807) is 0 Å². The second kappa shape index (κ2) is 11.2. The minimum Gasteiger partial charge on any atom is -0.374 e. The smallest absolute Gasteiger partial charge is 0.234 e. The minimum absolute atomic E-state index is 0.0461. The van der Waals surface area contributed by atoms with E-state index in [4.69, 9.17) is 9.26 Å². The van der Waals surface area contributed by atoms with E-state index in [2.05, 4.69) is 32.5 Å². The SMILES string of the molecule is CC(C)OCc1ccc(CNC(=O)CN2CCC(c3nc(-c4ccccc4)no3)CC2)cc1. The van der Waals surface area contributed by atoms with Crippen molar-refractivity contribution >= 4 is 5.91 Å². The summed E-state index contributed by atoms with van der Waals surface area (Å²) in [5.74, 6) is 1.62. The van der Waals surface area contributed by atoms with Crippen molar-refractivity contribution in [2.24, 2.45) is 0 Å². The van der Waals surface area contributed by atoms with Crippen molar-refractivity contribution in [2.45, 2.75) is 51.9 Å². The third kappa shape index (κ3) is 6.73. The Kier molecular flexibility index (Phi) is 7.86. The Morgan fingerprint density at radius 2 is 1.79 bits per heavy atom. The van der Waals surface area contributed by atoms with Crippen molar-refractivity contribution in [3.63, 3.8) is 0 Å². The van der Waals surface area contributed by atoms with Crippen LogP contribution in [-0.2, 0) is 22.7 Å². The van der Waals surface area contributed by atoms with Gasteiger partial charge in [0.25, 0.3) is 0 Å². The Morgan fingerprint density at radius 1 is 1.09 bits per heavy atom. The summed E-state index contributed by atoms with van der Waals surface area (Å²) >= 11 is 0. The predicted octanol–water partition coefficient (Wildman–Crippen LogP) is 4.16. The summed E-state index contributed by atoms with van der Waals surface area (Å²) in [6.45, 7) is 7.28. The normalized spacial score (nSPS) is 15.1. The molecule has 33 heavy (non-hydrogen) atoms. The highest BCUT2D eigenvalue weighted by Gasteiger charge is 2.26. The predicted molar refractivity (Wildman–Crippen MR) is 126 cm³/mol. The van der Waals surface area contributed by atoms with Gasteiger partial charge in [0.1, 0.15) is 0 Å². The van der Waals surface area contributed by atoms with E-state index in [9.17, 15) is 4.79 Å². The summed E-state index contributed by atoms with van der Waals surface area (Å²) in [4.78, 5) is 19.2. The molecule has 174 valence electrons. The molecule has 3 aromatic rings. The number of nitrogens with zero attached hydrogens (tertiary/aromatic N) is 3. The zero-order chi connectivity index (χ0) is 23.0. The van der Waals surface area contributed by atoms with Crippen molar-refractivity contribution in [1.82, 2.24) is 20.4 Å². The molecule has 1 saturated heterocycles. The van der Waals surface area contributed by atoms with Gasteiger partial charge in [0.05, 0.1) is 19.3 Å². The first kappa shape index (κ1) is 23.1. The monoisotopic (exact) mass is 448 g/mol. The van der Waals surface area contributed by atoms with Gasteiger partial charge in [-0.1, -0.05) is 59.8 Å². The van der Waals surface area contributed by atoms with Crippen LogP contribution >= 0.6 is 0 Å². The molecule has 1 fully saturated rings. The molecule has 1 N–H and O–H groups in total. The molecule has 0 aliphatic carbocycles. The molecule has 1 amide bonds. The number of piperidine rings is 1. The Labute approximate surface area is 195 Å². The fourth-order valence-electron chi connectivity index (χ4n) is 3.92. The lowest BCUT2D eigenvalue weighted by Crippen LogP contribution is -2.41. The van der Waals surface area contributed by atoms with Gasteiger partial charge in [-0.2, -0.15) is 4.98 Å². The second-order valence-corrected chi connectivity index (χ2v) is 8.83. The van der Waals surface area contributed by atoms with Crippen LogP contribution in [0, 0.1) is 0 Å². The van der Waals surface area contributed by atoms with Crippen LogP contribution in [0.1, 0.15) is 49.6 Å². The molecule has 2 aromatic carbocycles. The molecule has 0 atom stereocenters. The maximum Gasteiger partial charge on any atom is 0.234 e. The van der Waals surface area contributed by atoms with Gasteiger partial charge >= 0.3 is 0 Å². The van der Waals surface area contributed by atoms with Gasteiger partial charge in [-0.3, -0.25) is 9.69 Å². The molecule has 1 aliphatic rings. The number of amides is 1. The van der Waals surface area contributed by atoms with E-state index in [1.807, 2.05) is 56.3 Å². The number of carbonyl (C=O) groups is 1. The number of hydrogen-bond acceptors (Lipinski definition) is 6. The summed E-state index contributed by atoms with van der Waals surface area (Å²) in [5, 5.41) is 7.16. The molecule has 1 aliphatic heterocycles. The van der Waals surface area contributed by atoms with Gasteiger partial charge in [0, 0.05) is 18.0 Å². The fourth-order valence-corrected chi connectivity index (χ4v) is 3.92. The van der Waals surface area contributed by atoms with Gasteiger partial charge < -0.3 is 14.6 Å². The number of ether oxygens (including phenoxy) is 1. The van der Waals surface area contributed by atoms with Crippen LogP contribution in [-0.4, -0.2) is 46.7 Å². The average molecular weight is 449 g/mol. The number of likely N-dealkylation sites (tertiary alicyclic amines) is 1. The first-order valence-corrected chi connectivity index (χ1v) is 11.6. The molecule has 0 unspecified atom stereocenters. The Bertz CT molecular complexity index is 1010. The first-order valence-electron chi connectivity index (χ1n) is 11.6. The lowest BCUT2D eigenvalue weighted by Gasteiger charge is -2.29. The lowest BCUT2D eigenvalue weighted by molar-refractivity contribution is -0.122. The van der Waals surface area contributed by atoms with Crippen LogP contribution in [0.2, 0.25) is 0 Å². The van der Waals surface area contributed by atoms with Crippen LogP contribution in [0.3, 0.4) is 0 Å². The third-order valence-electron chi connectivity index (χ3n) is 5.87. The van der Waals surface area contributed by atoms with E-state index in [-0.39, 0.29) is 17.9 Å². The molecule has 7 heteroatoms. The quantitative estimate of drug-likeness (QED) is 0.530. The molecule has 0 radical (unpaired) electrons. The summed E-state index contributed by atoms with van der Waals surface area (Å²) in [7, 11) is 0. The molecule has 0 bridgehead atoms. The van der Waals surface area contributed by atoms with Crippen LogP contribution < -0.4 is 5.32 Å². The van der Waals surface area contributed by atoms with Gasteiger partial charge in [-0.15, -0.1) is 0 Å². The number of nitrogens with one attached hydrogen (secondary N) is 1. The highest BCUT2D eigenvalue weighted by Crippen LogP contribution is 2.28. The maximum atomic E-state index is 12.4. The average Bonchev–Trinajstić information content (AvgIpc) is 3.33. The molecular formula is C26H32N4O3. The lowest BCUT2D eigenvalue weighted by atomic mass is 9.97. The van der Waals surface area contributed by atoms with E-state index in [1.165, 1.54) is 0 Å². The number of rotatable bonds is 9. The second-order valence-electron chi connectivity index (χ2n) is 8.83. The van der Waals surface area contributed by atoms with Crippen molar-refractivity contribution in [3.05, 3.63) is 71.6 Å². The highest BCUT2D eigenvalue weighted by molar-refractivity contribution is 5.78. The van der Waals surface area contributed by atoms with Crippen LogP contribution in [0.25, 0.3) is 11.4 Å². The summed E-state index contributed by atoms with van der Waals surface area (Å²) in [6, 6.07) is 18.0. The Hall–Kier alpha value is -3.03. The molecule has 0 spiro atoms. The maximum absolute atomic E-state index is 12.4. The zero-order valence-electron chi connectivity index (χ0n) is 19.4. The summed E-state index contributed by atoms with van der Waals surface area (Å²) in [5.41, 5.74) is 3.18. The molecule has 7 nitrogen and oxygen atoms in total.